The summed E-state index contributed by atoms with van der Waals surface area (Å²) >= 11 is 6.01. The molecule has 0 unspecified atom stereocenters. The van der Waals surface area contributed by atoms with Crippen molar-refractivity contribution in [2.45, 2.75) is 0 Å². The maximum atomic E-state index is 6.01. The first-order chi connectivity index (χ1) is 9.22. The Morgan fingerprint density at radius 3 is 2.47 bits per heavy atom. The predicted octanol–water partition coefficient (Wildman–Crippen LogP) is 4.06. The summed E-state index contributed by atoms with van der Waals surface area (Å²) in [7, 11) is 3.30. The smallest absolute Gasteiger partial charge is 0.137 e. The first-order valence-corrected chi connectivity index (χ1v) is 6.21. The van der Waals surface area contributed by atoms with Crippen LogP contribution in [0.4, 0.5) is 0 Å². The number of halogens is 1. The molecule has 2 aromatic carbocycles. The lowest BCUT2D eigenvalue weighted by Gasteiger charge is -2.10. The van der Waals surface area contributed by atoms with E-state index in [0.29, 0.717) is 5.02 Å². The highest BCUT2D eigenvalue weighted by Gasteiger charge is 2.10. The van der Waals surface area contributed by atoms with E-state index >= 15 is 0 Å². The number of hydrogen-bond acceptors (Lipinski definition) is 3. The lowest BCUT2D eigenvalue weighted by molar-refractivity contribution is 0.413. The maximum Gasteiger partial charge on any atom is 0.137 e. The summed E-state index contributed by atoms with van der Waals surface area (Å²) in [5, 5.41) is 2.53. The fraction of sp³-hybridized carbons (Fsp3) is 0.133. The third-order valence-electron chi connectivity index (χ3n) is 3.10. The van der Waals surface area contributed by atoms with E-state index in [0.717, 1.165) is 33.3 Å². The second kappa shape index (κ2) is 4.59. The molecule has 0 saturated heterocycles. The SMILES string of the molecule is COc1ccc2nc3cc(Cl)ccc3c(OC)c2c1. The first-order valence-electron chi connectivity index (χ1n) is 5.84. The molecule has 0 atom stereocenters. The Kier molecular flexibility index (Phi) is 2.91. The van der Waals surface area contributed by atoms with Crippen LogP contribution in [0, 0.1) is 0 Å². The molecule has 19 heavy (non-hydrogen) atoms. The van der Waals surface area contributed by atoms with Crippen LogP contribution in [0.5, 0.6) is 11.5 Å². The quantitative estimate of drug-likeness (QED) is 0.660. The minimum atomic E-state index is 0.662. The molecule has 0 bridgehead atoms. The van der Waals surface area contributed by atoms with Gasteiger partial charge in [0.25, 0.3) is 0 Å². The fourth-order valence-corrected chi connectivity index (χ4v) is 2.37. The Hall–Kier alpha value is -2.00. The van der Waals surface area contributed by atoms with Gasteiger partial charge in [-0.3, -0.25) is 0 Å². The van der Waals surface area contributed by atoms with Gasteiger partial charge < -0.3 is 9.47 Å². The molecule has 1 aromatic heterocycles. The molecule has 0 fully saturated rings. The van der Waals surface area contributed by atoms with Gasteiger partial charge in [-0.05, 0) is 36.4 Å². The summed E-state index contributed by atoms with van der Waals surface area (Å²) in [5.74, 6) is 1.57. The Bertz CT molecular complexity index is 771. The van der Waals surface area contributed by atoms with Crippen molar-refractivity contribution in [1.29, 1.82) is 0 Å². The van der Waals surface area contributed by atoms with Gasteiger partial charge in [-0.1, -0.05) is 11.6 Å². The number of pyridine rings is 1. The molecular formula is C15H12ClNO2. The number of hydrogen-bond donors (Lipinski definition) is 0. The van der Waals surface area contributed by atoms with Gasteiger partial charge in [0.15, 0.2) is 0 Å². The van der Waals surface area contributed by atoms with Gasteiger partial charge >= 0.3 is 0 Å². The Morgan fingerprint density at radius 1 is 0.895 bits per heavy atom. The van der Waals surface area contributed by atoms with Gasteiger partial charge in [0.05, 0.1) is 25.3 Å². The summed E-state index contributed by atoms with van der Waals surface area (Å²) in [6.45, 7) is 0. The standard InChI is InChI=1S/C15H12ClNO2/c1-18-10-4-6-13-12(8-10)15(19-2)11-5-3-9(16)7-14(11)17-13/h3-8H,1-2H3. The van der Waals surface area contributed by atoms with E-state index in [1.54, 1.807) is 14.2 Å². The fourth-order valence-electron chi connectivity index (χ4n) is 2.21. The van der Waals surface area contributed by atoms with Crippen LogP contribution < -0.4 is 9.47 Å². The molecule has 0 aliphatic rings. The van der Waals surface area contributed by atoms with Gasteiger partial charge in [-0.25, -0.2) is 4.98 Å². The zero-order valence-electron chi connectivity index (χ0n) is 10.6. The average Bonchev–Trinajstić information content (AvgIpc) is 2.44. The van der Waals surface area contributed by atoms with Crippen LogP contribution in [0.15, 0.2) is 36.4 Å². The molecule has 0 saturated carbocycles. The molecular weight excluding hydrogens is 262 g/mol. The number of fused-ring (bicyclic) bond motifs is 2. The molecule has 1 heterocycles. The summed E-state index contributed by atoms with van der Waals surface area (Å²) in [6.07, 6.45) is 0. The molecule has 0 radical (unpaired) electrons. The monoisotopic (exact) mass is 273 g/mol. The van der Waals surface area contributed by atoms with Gasteiger partial charge in [0.2, 0.25) is 0 Å². The van der Waals surface area contributed by atoms with E-state index in [1.165, 1.54) is 0 Å². The van der Waals surface area contributed by atoms with E-state index in [2.05, 4.69) is 4.98 Å². The van der Waals surface area contributed by atoms with E-state index in [4.69, 9.17) is 21.1 Å². The van der Waals surface area contributed by atoms with Crippen LogP contribution in [0.25, 0.3) is 21.8 Å². The molecule has 96 valence electrons. The molecule has 0 amide bonds. The summed E-state index contributed by atoms with van der Waals surface area (Å²) < 4.78 is 10.8. The Balaban J connectivity index is 2.45. The van der Waals surface area contributed by atoms with Crippen LogP contribution in [0.2, 0.25) is 5.02 Å². The lowest BCUT2D eigenvalue weighted by atomic mass is 10.1. The van der Waals surface area contributed by atoms with Gasteiger partial charge in [-0.2, -0.15) is 0 Å². The predicted molar refractivity (Wildman–Crippen MR) is 77.4 cm³/mol. The molecule has 0 spiro atoms. The zero-order chi connectivity index (χ0) is 13.4. The number of aromatic nitrogens is 1. The molecule has 3 rings (SSSR count). The first kappa shape index (κ1) is 12.1. The highest BCUT2D eigenvalue weighted by atomic mass is 35.5. The van der Waals surface area contributed by atoms with Crippen molar-refractivity contribution in [2.24, 2.45) is 0 Å². The summed E-state index contributed by atoms with van der Waals surface area (Å²) in [6, 6.07) is 11.3. The Labute approximate surface area is 115 Å². The number of benzene rings is 2. The maximum absolute atomic E-state index is 6.01. The normalized spacial score (nSPS) is 10.9. The van der Waals surface area contributed by atoms with Crippen LogP contribution in [0.3, 0.4) is 0 Å². The number of nitrogens with zero attached hydrogens (tertiary/aromatic N) is 1. The van der Waals surface area contributed by atoms with Crippen molar-refractivity contribution >= 4 is 33.4 Å². The van der Waals surface area contributed by atoms with Gasteiger partial charge in [-0.15, -0.1) is 0 Å². The van der Waals surface area contributed by atoms with Crippen molar-refractivity contribution < 1.29 is 9.47 Å². The average molecular weight is 274 g/mol. The van der Waals surface area contributed by atoms with Gasteiger partial charge in [0, 0.05) is 15.8 Å². The van der Waals surface area contributed by atoms with Gasteiger partial charge in [0.1, 0.15) is 11.5 Å². The van der Waals surface area contributed by atoms with Crippen molar-refractivity contribution in [3.05, 3.63) is 41.4 Å². The zero-order valence-corrected chi connectivity index (χ0v) is 11.4. The lowest BCUT2D eigenvalue weighted by Crippen LogP contribution is -1.92. The van der Waals surface area contributed by atoms with Crippen LogP contribution in [-0.4, -0.2) is 19.2 Å². The highest BCUT2D eigenvalue weighted by molar-refractivity contribution is 6.31. The Morgan fingerprint density at radius 2 is 1.74 bits per heavy atom. The minimum Gasteiger partial charge on any atom is -0.497 e. The van der Waals surface area contributed by atoms with E-state index in [9.17, 15) is 0 Å². The molecule has 0 N–H and O–H groups in total. The second-order valence-corrected chi connectivity index (χ2v) is 4.63. The van der Waals surface area contributed by atoms with Crippen LogP contribution >= 0.6 is 11.6 Å². The van der Waals surface area contributed by atoms with Crippen LogP contribution in [0.1, 0.15) is 0 Å². The van der Waals surface area contributed by atoms with Crippen LogP contribution in [-0.2, 0) is 0 Å². The number of rotatable bonds is 2. The third-order valence-corrected chi connectivity index (χ3v) is 3.33. The van der Waals surface area contributed by atoms with E-state index in [1.807, 2.05) is 36.4 Å². The van der Waals surface area contributed by atoms with E-state index < -0.39 is 0 Å². The van der Waals surface area contributed by atoms with Crippen molar-refractivity contribution in [3.8, 4) is 11.5 Å². The topological polar surface area (TPSA) is 31.4 Å². The molecule has 3 nitrogen and oxygen atoms in total. The summed E-state index contributed by atoms with van der Waals surface area (Å²) in [5.41, 5.74) is 1.68. The number of methoxy groups -OCH3 is 2. The molecule has 0 aliphatic heterocycles. The molecule has 3 aromatic rings. The largest absolute Gasteiger partial charge is 0.497 e. The molecule has 4 heteroatoms. The summed E-state index contributed by atoms with van der Waals surface area (Å²) in [4.78, 5) is 4.60. The highest BCUT2D eigenvalue weighted by Crippen LogP contribution is 2.35. The second-order valence-electron chi connectivity index (χ2n) is 4.19. The number of ether oxygens (including phenoxy) is 2. The minimum absolute atomic E-state index is 0.662. The van der Waals surface area contributed by atoms with E-state index in [-0.39, 0.29) is 0 Å². The molecule has 0 aliphatic carbocycles. The van der Waals surface area contributed by atoms with Crippen molar-refractivity contribution in [1.82, 2.24) is 4.98 Å². The third kappa shape index (κ3) is 1.96. The van der Waals surface area contributed by atoms with Crippen molar-refractivity contribution in [2.75, 3.05) is 14.2 Å². The van der Waals surface area contributed by atoms with Crippen molar-refractivity contribution in [3.63, 3.8) is 0 Å².